The van der Waals surface area contributed by atoms with Crippen molar-refractivity contribution in [2.75, 3.05) is 64.5 Å². The highest BCUT2D eigenvalue weighted by Crippen LogP contribution is 2.48. The number of methoxy groups -OCH3 is 1. The zero-order chi connectivity index (χ0) is 39.4. The molecule has 1 saturated heterocycles. The topological polar surface area (TPSA) is 101 Å². The lowest BCUT2D eigenvalue weighted by molar-refractivity contribution is -0.197. The number of amides is 1. The molecule has 1 aliphatic carbocycles. The summed E-state index contributed by atoms with van der Waals surface area (Å²) in [5.41, 5.74) is 2.81. The van der Waals surface area contributed by atoms with Gasteiger partial charge in [0.05, 0.1) is 10.9 Å². The van der Waals surface area contributed by atoms with Crippen LogP contribution in [0.25, 0.3) is 0 Å². The monoisotopic (exact) mass is 798 g/mol. The maximum absolute atomic E-state index is 14.1. The summed E-state index contributed by atoms with van der Waals surface area (Å²) in [5, 5.41) is -0.122. The molecule has 1 N–H and O–H groups in total. The maximum Gasteiger partial charge on any atom is 0.264 e. The van der Waals surface area contributed by atoms with Crippen LogP contribution in [0.2, 0.25) is 5.02 Å². The molecule has 2 bridgehead atoms. The molecule has 2 fully saturated rings. The number of nitrogens with one attached hydrogen (secondary N) is 1. The molecular weight excluding hydrogens is 736 g/mol. The van der Waals surface area contributed by atoms with Crippen molar-refractivity contribution >= 4 is 33.2 Å². The van der Waals surface area contributed by atoms with Crippen molar-refractivity contribution in [2.24, 2.45) is 17.8 Å². The van der Waals surface area contributed by atoms with Gasteiger partial charge in [-0.05, 0) is 132 Å². The summed E-state index contributed by atoms with van der Waals surface area (Å²) in [5.74, 6) is 0.290. The zero-order valence-electron chi connectivity index (χ0n) is 33.8. The molecule has 4 aliphatic rings. The third kappa shape index (κ3) is 9.56. The van der Waals surface area contributed by atoms with E-state index in [9.17, 15) is 13.2 Å². The average Bonchev–Trinajstić information content (AvgIpc) is 3.15. The Morgan fingerprint density at radius 1 is 1.02 bits per heavy atom. The lowest BCUT2D eigenvalue weighted by atomic mass is 9.66. The van der Waals surface area contributed by atoms with E-state index in [2.05, 4.69) is 59.3 Å². The standard InChI is InChI=1S/C43H63ClN4O6S/c1-7-54-43(48-24-22-47(23-25-48)42(3,4)5)20-10-11-31(2)40(19-26-52-6)55(50,51)45-41(49)33-15-18-39-38(28-33)46(29-34-14-17-37(34)43)21-9-8-12-32-27-36(44)16-13-35(32)30-53-39/h10,13,15-16,18,20,27-28,31,34,37,40H,7-9,11-12,14,17,19,21-26,29-30H2,1-6H3,(H,45,49)/b20-10+/t31-,34-,37+,40+,43?/m0/s1. The van der Waals surface area contributed by atoms with E-state index in [1.165, 1.54) is 5.56 Å². The SMILES string of the molecule is CCOC1(N2CCN(C(C)(C)C)CC2)/C=C/C[C@H](C)[C@@H](CCOC)S(=O)(=O)NC(=O)c2ccc3c(c2)N(CCCCc2cc(Cl)ccc2CO3)C[C@@H]2CC[C@H]21. The number of benzene rings is 2. The highest BCUT2D eigenvalue weighted by Gasteiger charge is 2.52. The Hall–Kier alpha value is -2.67. The van der Waals surface area contributed by atoms with E-state index in [0.29, 0.717) is 36.3 Å². The average molecular weight is 800 g/mol. The molecule has 0 aromatic heterocycles. The first-order chi connectivity index (χ1) is 26.3. The smallest absolute Gasteiger partial charge is 0.264 e. The number of hydrogen-bond donors (Lipinski definition) is 1. The van der Waals surface area contributed by atoms with E-state index in [1.54, 1.807) is 13.2 Å². The van der Waals surface area contributed by atoms with Crippen LogP contribution < -0.4 is 14.4 Å². The van der Waals surface area contributed by atoms with Gasteiger partial charge in [0.25, 0.3) is 5.91 Å². The number of carbonyl (C=O) groups is 1. The van der Waals surface area contributed by atoms with E-state index >= 15 is 0 Å². The van der Waals surface area contributed by atoms with Crippen LogP contribution in [0.4, 0.5) is 5.69 Å². The van der Waals surface area contributed by atoms with Crippen molar-refractivity contribution in [2.45, 2.75) is 103 Å². The van der Waals surface area contributed by atoms with Gasteiger partial charge >= 0.3 is 0 Å². The molecule has 1 amide bonds. The lowest BCUT2D eigenvalue weighted by Crippen LogP contribution is -2.65. The summed E-state index contributed by atoms with van der Waals surface area (Å²) in [4.78, 5) is 21.4. The van der Waals surface area contributed by atoms with Crippen molar-refractivity contribution in [1.29, 1.82) is 0 Å². The number of carbonyl (C=O) groups excluding carboxylic acids is 1. The van der Waals surface area contributed by atoms with Crippen LogP contribution >= 0.6 is 11.6 Å². The zero-order valence-corrected chi connectivity index (χ0v) is 35.4. The fourth-order valence-electron chi connectivity index (χ4n) is 9.21. The van der Waals surface area contributed by atoms with Crippen LogP contribution in [-0.4, -0.2) is 100 Å². The number of piperazine rings is 1. The predicted octanol–water partition coefficient (Wildman–Crippen LogP) is 7.30. The molecular formula is C43H63ClN4O6S. The minimum atomic E-state index is -4.07. The Morgan fingerprint density at radius 2 is 1.80 bits per heavy atom. The van der Waals surface area contributed by atoms with Crippen molar-refractivity contribution in [3.8, 4) is 5.75 Å². The summed E-state index contributed by atoms with van der Waals surface area (Å²) < 4.78 is 49.6. The van der Waals surface area contributed by atoms with E-state index in [1.807, 2.05) is 37.3 Å². The number of anilines is 1. The molecule has 2 aromatic carbocycles. The lowest BCUT2D eigenvalue weighted by Gasteiger charge is -2.56. The first-order valence-electron chi connectivity index (χ1n) is 20.4. The van der Waals surface area contributed by atoms with Crippen LogP contribution in [-0.2, 0) is 32.5 Å². The van der Waals surface area contributed by atoms with Crippen LogP contribution in [0, 0.1) is 17.8 Å². The van der Waals surface area contributed by atoms with Gasteiger partial charge in [0.2, 0.25) is 10.0 Å². The molecule has 1 unspecified atom stereocenters. The van der Waals surface area contributed by atoms with Crippen molar-refractivity contribution in [3.05, 3.63) is 70.3 Å². The normalized spacial score (nSPS) is 29.1. The van der Waals surface area contributed by atoms with Crippen molar-refractivity contribution in [1.82, 2.24) is 14.5 Å². The Bertz CT molecular complexity index is 1770. The first kappa shape index (κ1) is 41.9. The molecule has 3 heterocycles. The molecule has 0 radical (unpaired) electrons. The number of aryl methyl sites for hydroxylation is 1. The molecule has 304 valence electrons. The Kier molecular flexibility index (Phi) is 13.6. The third-order valence-electron chi connectivity index (χ3n) is 12.5. The van der Waals surface area contributed by atoms with Gasteiger partial charge in [-0.1, -0.05) is 30.7 Å². The van der Waals surface area contributed by atoms with E-state index in [4.69, 9.17) is 25.8 Å². The summed E-state index contributed by atoms with van der Waals surface area (Å²) >= 11 is 6.43. The van der Waals surface area contributed by atoms with E-state index < -0.39 is 26.9 Å². The highest BCUT2D eigenvalue weighted by atomic mass is 35.5. The van der Waals surface area contributed by atoms with Crippen LogP contribution in [0.3, 0.4) is 0 Å². The van der Waals surface area contributed by atoms with Gasteiger partial charge in [-0.3, -0.25) is 14.6 Å². The number of fused-ring (bicyclic) bond motifs is 3. The van der Waals surface area contributed by atoms with Crippen molar-refractivity contribution < 1.29 is 27.4 Å². The molecule has 12 heteroatoms. The second-order valence-electron chi connectivity index (χ2n) is 17.0. The number of ether oxygens (including phenoxy) is 3. The van der Waals surface area contributed by atoms with Crippen LogP contribution in [0.15, 0.2) is 48.6 Å². The fraction of sp³-hybridized carbons (Fsp3) is 0.651. The molecule has 5 atom stereocenters. The van der Waals surface area contributed by atoms with Crippen molar-refractivity contribution in [3.63, 3.8) is 0 Å². The number of hydrogen-bond acceptors (Lipinski definition) is 9. The second kappa shape index (κ2) is 17.9. The number of nitrogens with zero attached hydrogens (tertiary/aromatic N) is 3. The van der Waals surface area contributed by atoms with Gasteiger partial charge in [-0.2, -0.15) is 0 Å². The number of allylic oxidation sites excluding steroid dienone is 1. The summed E-state index contributed by atoms with van der Waals surface area (Å²) in [6.07, 6.45) is 10.1. The van der Waals surface area contributed by atoms with Gasteiger partial charge in [0, 0.05) is 81.6 Å². The molecule has 1 saturated carbocycles. The molecule has 3 aliphatic heterocycles. The number of sulfonamides is 1. The molecule has 6 rings (SSSR count). The number of rotatable bonds is 6. The quantitative estimate of drug-likeness (QED) is 0.302. The maximum atomic E-state index is 14.1. The highest BCUT2D eigenvalue weighted by molar-refractivity contribution is 7.90. The summed E-state index contributed by atoms with van der Waals surface area (Å²) in [6.45, 7) is 17.3. The van der Waals surface area contributed by atoms with Gasteiger partial charge in [0.1, 0.15) is 18.1 Å². The second-order valence-corrected chi connectivity index (χ2v) is 19.3. The minimum Gasteiger partial charge on any atom is -0.487 e. The van der Waals surface area contributed by atoms with Crippen LogP contribution in [0.1, 0.15) is 94.6 Å². The number of halogens is 1. The van der Waals surface area contributed by atoms with Gasteiger partial charge in [0.15, 0.2) is 0 Å². The van der Waals surface area contributed by atoms with Gasteiger partial charge in [-0.15, -0.1) is 0 Å². The van der Waals surface area contributed by atoms with Gasteiger partial charge in [-0.25, -0.2) is 13.1 Å². The molecule has 2 aromatic rings. The largest absolute Gasteiger partial charge is 0.487 e. The Morgan fingerprint density at radius 3 is 2.49 bits per heavy atom. The first-order valence-corrected chi connectivity index (χ1v) is 22.3. The summed E-state index contributed by atoms with van der Waals surface area (Å²) in [6, 6.07) is 11.3. The van der Waals surface area contributed by atoms with E-state index in [-0.39, 0.29) is 36.0 Å². The summed E-state index contributed by atoms with van der Waals surface area (Å²) in [7, 11) is -2.50. The molecule has 0 spiro atoms. The molecule has 55 heavy (non-hydrogen) atoms. The Labute approximate surface area is 334 Å². The fourth-order valence-corrected chi connectivity index (χ4v) is 11.1. The molecule has 10 nitrogen and oxygen atoms in total. The minimum absolute atomic E-state index is 0.0810. The Balaban J connectivity index is 1.44. The van der Waals surface area contributed by atoms with Gasteiger partial charge < -0.3 is 19.1 Å². The predicted molar refractivity (Wildman–Crippen MR) is 220 cm³/mol. The third-order valence-corrected chi connectivity index (χ3v) is 14.7. The van der Waals surface area contributed by atoms with Crippen LogP contribution in [0.5, 0.6) is 5.75 Å². The van der Waals surface area contributed by atoms with E-state index in [0.717, 1.165) is 82.6 Å².